The largest absolute Gasteiger partial charge is 0.375 e. The molecule has 0 aliphatic heterocycles. The van der Waals surface area contributed by atoms with E-state index >= 15 is 0 Å². The molecule has 0 amide bonds. The molecule has 0 saturated carbocycles. The lowest BCUT2D eigenvalue weighted by Crippen LogP contribution is -2.02. The van der Waals surface area contributed by atoms with Gasteiger partial charge in [-0.25, -0.2) is 0 Å². The molecule has 0 aliphatic carbocycles. The number of aromatic nitrogens is 2. The lowest BCUT2D eigenvalue weighted by molar-refractivity contribution is -0.383. The molecule has 0 bridgehead atoms. The second-order valence-corrected chi connectivity index (χ2v) is 5.81. The van der Waals surface area contributed by atoms with Gasteiger partial charge >= 0.3 is 0 Å². The second kappa shape index (κ2) is 6.72. The van der Waals surface area contributed by atoms with Crippen molar-refractivity contribution in [1.82, 2.24) is 9.78 Å². The summed E-state index contributed by atoms with van der Waals surface area (Å²) in [6, 6.07) is 12.5. The van der Waals surface area contributed by atoms with Crippen molar-refractivity contribution in [2.24, 2.45) is 7.05 Å². The van der Waals surface area contributed by atoms with Gasteiger partial charge in [-0.2, -0.15) is 5.10 Å². The summed E-state index contributed by atoms with van der Waals surface area (Å²) in [4.78, 5) is 10.7. The van der Waals surface area contributed by atoms with E-state index in [1.165, 1.54) is 6.07 Å². The Morgan fingerprint density at radius 3 is 2.79 bits per heavy atom. The van der Waals surface area contributed by atoms with Gasteiger partial charge in [0.05, 0.1) is 11.1 Å². The van der Waals surface area contributed by atoms with E-state index in [0.717, 1.165) is 16.7 Å². The first-order valence-corrected chi connectivity index (χ1v) is 7.66. The van der Waals surface area contributed by atoms with Crippen LogP contribution in [0.4, 0.5) is 11.4 Å². The minimum Gasteiger partial charge on any atom is -0.375 e. The third-order valence-corrected chi connectivity index (χ3v) is 3.84. The van der Waals surface area contributed by atoms with Crippen LogP contribution in [0, 0.1) is 10.1 Å². The highest BCUT2D eigenvalue weighted by Crippen LogP contribution is 2.28. The maximum Gasteiger partial charge on any atom is 0.293 e. The Balaban J connectivity index is 1.79. The average molecular weight is 343 g/mol. The van der Waals surface area contributed by atoms with Crippen LogP contribution in [0.5, 0.6) is 0 Å². The second-order valence-electron chi connectivity index (χ2n) is 5.38. The summed E-state index contributed by atoms with van der Waals surface area (Å²) >= 11 is 5.83. The van der Waals surface area contributed by atoms with Crippen molar-refractivity contribution in [3.8, 4) is 11.1 Å². The fraction of sp³-hybridized carbons (Fsp3) is 0.118. The molecule has 7 heteroatoms. The first kappa shape index (κ1) is 16.0. The summed E-state index contributed by atoms with van der Waals surface area (Å²) in [5.41, 5.74) is 3.49. The van der Waals surface area contributed by atoms with Gasteiger partial charge < -0.3 is 5.32 Å². The first-order valence-electron chi connectivity index (χ1n) is 7.29. The molecular formula is C17H15ClN4O2. The molecule has 6 nitrogen and oxygen atoms in total. The molecular weight excluding hydrogens is 328 g/mol. The molecule has 0 saturated heterocycles. The summed E-state index contributed by atoms with van der Waals surface area (Å²) in [6.07, 6.45) is 3.74. The van der Waals surface area contributed by atoms with Crippen LogP contribution in [-0.2, 0) is 13.6 Å². The highest BCUT2D eigenvalue weighted by atomic mass is 35.5. The SMILES string of the molecule is Cn1cc(-c2cccc(CNc3ccc(Cl)cc3[N+](=O)[O-])c2)cn1. The molecule has 3 aromatic rings. The number of rotatable bonds is 5. The summed E-state index contributed by atoms with van der Waals surface area (Å²) in [6.45, 7) is 0.469. The number of nitrogens with zero attached hydrogens (tertiary/aromatic N) is 3. The molecule has 1 heterocycles. The number of halogens is 1. The number of benzene rings is 2. The van der Waals surface area contributed by atoms with E-state index in [0.29, 0.717) is 17.3 Å². The normalized spacial score (nSPS) is 10.6. The van der Waals surface area contributed by atoms with Gasteiger partial charge in [-0.3, -0.25) is 14.8 Å². The molecule has 122 valence electrons. The van der Waals surface area contributed by atoms with E-state index in [2.05, 4.69) is 10.4 Å². The number of nitro benzene ring substituents is 1. The molecule has 0 radical (unpaired) electrons. The van der Waals surface area contributed by atoms with Gasteiger partial charge in [0.15, 0.2) is 0 Å². The van der Waals surface area contributed by atoms with Crippen molar-refractivity contribution in [2.75, 3.05) is 5.32 Å². The van der Waals surface area contributed by atoms with Gasteiger partial charge in [-0.1, -0.05) is 29.8 Å². The molecule has 1 N–H and O–H groups in total. The van der Waals surface area contributed by atoms with Crippen LogP contribution in [0.3, 0.4) is 0 Å². The van der Waals surface area contributed by atoms with E-state index in [1.54, 1.807) is 23.0 Å². The Morgan fingerprint density at radius 1 is 1.25 bits per heavy atom. The lowest BCUT2D eigenvalue weighted by Gasteiger charge is -2.08. The van der Waals surface area contributed by atoms with Crippen LogP contribution in [0.2, 0.25) is 5.02 Å². The predicted molar refractivity (Wildman–Crippen MR) is 94.1 cm³/mol. The predicted octanol–water partition coefficient (Wildman–Crippen LogP) is 4.26. The highest BCUT2D eigenvalue weighted by molar-refractivity contribution is 6.30. The van der Waals surface area contributed by atoms with Gasteiger partial charge in [0.25, 0.3) is 5.69 Å². The maximum absolute atomic E-state index is 11.1. The summed E-state index contributed by atoms with van der Waals surface area (Å²) < 4.78 is 1.75. The third-order valence-electron chi connectivity index (χ3n) is 3.60. The molecule has 0 unspecified atom stereocenters. The number of hydrogen-bond acceptors (Lipinski definition) is 4. The van der Waals surface area contributed by atoms with Crippen LogP contribution >= 0.6 is 11.6 Å². The van der Waals surface area contributed by atoms with E-state index in [9.17, 15) is 10.1 Å². The van der Waals surface area contributed by atoms with Crippen LogP contribution in [0.15, 0.2) is 54.9 Å². The fourth-order valence-corrected chi connectivity index (χ4v) is 2.60. The van der Waals surface area contributed by atoms with Gasteiger partial charge in [0.1, 0.15) is 5.69 Å². The summed E-state index contributed by atoms with van der Waals surface area (Å²) in [5, 5.41) is 18.7. The molecule has 2 aromatic carbocycles. The Kier molecular flexibility index (Phi) is 4.48. The standard InChI is InChI=1S/C17H15ClN4O2/c1-21-11-14(10-20-21)13-4-2-3-12(7-13)9-19-16-6-5-15(18)8-17(16)22(23)24/h2-8,10-11,19H,9H2,1H3. The minimum absolute atomic E-state index is 0.0362. The topological polar surface area (TPSA) is 73.0 Å². The molecule has 3 rings (SSSR count). The van der Waals surface area contributed by atoms with Crippen molar-refractivity contribution in [3.63, 3.8) is 0 Å². The number of nitrogens with one attached hydrogen (secondary N) is 1. The Hall–Kier alpha value is -2.86. The van der Waals surface area contributed by atoms with Crippen molar-refractivity contribution in [3.05, 3.63) is 75.6 Å². The van der Waals surface area contributed by atoms with Crippen LogP contribution in [0.25, 0.3) is 11.1 Å². The Morgan fingerprint density at radius 2 is 2.08 bits per heavy atom. The van der Waals surface area contributed by atoms with E-state index in [-0.39, 0.29) is 5.69 Å². The molecule has 0 fully saturated rings. The Labute approximate surface area is 143 Å². The molecule has 0 spiro atoms. The number of aryl methyl sites for hydroxylation is 1. The van der Waals surface area contributed by atoms with Crippen LogP contribution in [0.1, 0.15) is 5.56 Å². The molecule has 0 aliphatic rings. The highest BCUT2D eigenvalue weighted by Gasteiger charge is 2.14. The van der Waals surface area contributed by atoms with Gasteiger partial charge in [-0.15, -0.1) is 0 Å². The van der Waals surface area contributed by atoms with E-state index < -0.39 is 4.92 Å². The molecule has 0 atom stereocenters. The van der Waals surface area contributed by atoms with Crippen molar-refractivity contribution in [2.45, 2.75) is 6.54 Å². The van der Waals surface area contributed by atoms with Gasteiger partial charge in [-0.05, 0) is 29.3 Å². The minimum atomic E-state index is -0.444. The maximum atomic E-state index is 11.1. The van der Waals surface area contributed by atoms with Gasteiger partial charge in [0.2, 0.25) is 0 Å². The summed E-state index contributed by atoms with van der Waals surface area (Å²) in [5.74, 6) is 0. The smallest absolute Gasteiger partial charge is 0.293 e. The van der Waals surface area contributed by atoms with E-state index in [1.807, 2.05) is 37.5 Å². The molecule has 1 aromatic heterocycles. The Bertz CT molecular complexity index is 892. The zero-order valence-corrected chi connectivity index (χ0v) is 13.7. The third kappa shape index (κ3) is 3.55. The van der Waals surface area contributed by atoms with Crippen LogP contribution < -0.4 is 5.32 Å². The number of nitro groups is 1. The van der Waals surface area contributed by atoms with Crippen molar-refractivity contribution >= 4 is 23.0 Å². The monoisotopic (exact) mass is 342 g/mol. The zero-order valence-electron chi connectivity index (χ0n) is 12.9. The molecule has 24 heavy (non-hydrogen) atoms. The lowest BCUT2D eigenvalue weighted by atomic mass is 10.1. The van der Waals surface area contributed by atoms with Crippen LogP contribution in [-0.4, -0.2) is 14.7 Å². The van der Waals surface area contributed by atoms with Gasteiger partial charge in [0, 0.05) is 36.4 Å². The van der Waals surface area contributed by atoms with E-state index in [4.69, 9.17) is 11.6 Å². The number of anilines is 1. The zero-order chi connectivity index (χ0) is 17.1. The number of hydrogen-bond donors (Lipinski definition) is 1. The average Bonchev–Trinajstić information content (AvgIpc) is 3.00. The summed E-state index contributed by atoms with van der Waals surface area (Å²) in [7, 11) is 1.87. The van der Waals surface area contributed by atoms with Crippen molar-refractivity contribution in [1.29, 1.82) is 0 Å². The van der Waals surface area contributed by atoms with Crippen molar-refractivity contribution < 1.29 is 4.92 Å². The quantitative estimate of drug-likeness (QED) is 0.555. The first-order chi connectivity index (χ1) is 11.5. The fourth-order valence-electron chi connectivity index (χ4n) is 2.43.